The standard InChI is InChI=1S/C16H22N4O/c1-11(2)9-14(17)16(21)18-10-12-3-5-13(6-4-12)15-7-8-19-20-15/h3-8,11,14H,9-10,17H2,1-2H3,(H,18,21)(H,19,20). The minimum absolute atomic E-state index is 0.0960. The molecule has 112 valence electrons. The number of amides is 1. The number of carbonyl (C=O) groups excluding carboxylic acids is 1. The van der Waals surface area contributed by atoms with Crippen molar-refractivity contribution in [3.63, 3.8) is 0 Å². The van der Waals surface area contributed by atoms with E-state index in [9.17, 15) is 4.79 Å². The van der Waals surface area contributed by atoms with Crippen LogP contribution in [0.2, 0.25) is 0 Å². The van der Waals surface area contributed by atoms with Crippen LogP contribution >= 0.6 is 0 Å². The molecular weight excluding hydrogens is 264 g/mol. The topological polar surface area (TPSA) is 83.8 Å². The van der Waals surface area contributed by atoms with Crippen molar-refractivity contribution >= 4 is 5.91 Å². The Morgan fingerprint density at radius 2 is 2.00 bits per heavy atom. The lowest BCUT2D eigenvalue weighted by atomic mass is 10.0. The molecule has 1 unspecified atom stereocenters. The predicted octanol–water partition coefficient (Wildman–Crippen LogP) is 2.07. The minimum Gasteiger partial charge on any atom is -0.351 e. The summed E-state index contributed by atoms with van der Waals surface area (Å²) < 4.78 is 0. The first-order valence-electron chi connectivity index (χ1n) is 7.18. The molecule has 21 heavy (non-hydrogen) atoms. The lowest BCUT2D eigenvalue weighted by Crippen LogP contribution is -2.40. The van der Waals surface area contributed by atoms with Crippen molar-refractivity contribution in [3.8, 4) is 11.3 Å². The number of carbonyl (C=O) groups is 1. The second-order valence-electron chi connectivity index (χ2n) is 5.62. The van der Waals surface area contributed by atoms with E-state index in [1.54, 1.807) is 6.20 Å². The van der Waals surface area contributed by atoms with E-state index in [1.807, 2.05) is 30.3 Å². The molecule has 0 aliphatic heterocycles. The highest BCUT2D eigenvalue weighted by molar-refractivity contribution is 5.81. The van der Waals surface area contributed by atoms with E-state index in [-0.39, 0.29) is 5.91 Å². The first-order valence-corrected chi connectivity index (χ1v) is 7.18. The van der Waals surface area contributed by atoms with Gasteiger partial charge in [-0.2, -0.15) is 5.10 Å². The van der Waals surface area contributed by atoms with Crippen molar-refractivity contribution in [1.29, 1.82) is 0 Å². The molecule has 1 amide bonds. The molecule has 0 aliphatic rings. The van der Waals surface area contributed by atoms with Gasteiger partial charge < -0.3 is 11.1 Å². The lowest BCUT2D eigenvalue weighted by Gasteiger charge is -2.14. The number of H-pyrrole nitrogens is 1. The molecule has 0 spiro atoms. The van der Waals surface area contributed by atoms with Crippen molar-refractivity contribution < 1.29 is 4.79 Å². The monoisotopic (exact) mass is 286 g/mol. The van der Waals surface area contributed by atoms with E-state index in [0.717, 1.165) is 16.8 Å². The van der Waals surface area contributed by atoms with E-state index in [1.165, 1.54) is 0 Å². The van der Waals surface area contributed by atoms with Gasteiger partial charge in [0.15, 0.2) is 0 Å². The normalized spacial score (nSPS) is 12.4. The molecule has 0 bridgehead atoms. The number of benzene rings is 1. The highest BCUT2D eigenvalue weighted by Crippen LogP contribution is 2.16. The zero-order valence-electron chi connectivity index (χ0n) is 12.5. The summed E-state index contributed by atoms with van der Waals surface area (Å²) in [6.07, 6.45) is 2.42. The van der Waals surface area contributed by atoms with Crippen molar-refractivity contribution in [3.05, 3.63) is 42.1 Å². The molecule has 5 heteroatoms. The van der Waals surface area contributed by atoms with Crippen LogP contribution in [0.4, 0.5) is 0 Å². The Bertz CT molecular complexity index is 560. The van der Waals surface area contributed by atoms with Crippen molar-refractivity contribution in [2.75, 3.05) is 0 Å². The molecule has 2 rings (SSSR count). The molecule has 1 aromatic carbocycles. The summed E-state index contributed by atoms with van der Waals surface area (Å²) in [4.78, 5) is 11.9. The summed E-state index contributed by atoms with van der Waals surface area (Å²) in [6.45, 7) is 4.61. The van der Waals surface area contributed by atoms with Gasteiger partial charge in [-0.05, 0) is 29.5 Å². The van der Waals surface area contributed by atoms with Gasteiger partial charge in [0.1, 0.15) is 0 Å². The van der Waals surface area contributed by atoms with E-state index < -0.39 is 6.04 Å². The number of hydrogen-bond acceptors (Lipinski definition) is 3. The van der Waals surface area contributed by atoms with Gasteiger partial charge in [-0.15, -0.1) is 0 Å². The Kier molecular flexibility index (Phi) is 5.11. The Balaban J connectivity index is 1.88. The molecular formula is C16H22N4O. The summed E-state index contributed by atoms with van der Waals surface area (Å²) >= 11 is 0. The van der Waals surface area contributed by atoms with Crippen LogP contribution in [0.3, 0.4) is 0 Å². The zero-order chi connectivity index (χ0) is 15.2. The number of rotatable bonds is 6. The number of nitrogens with two attached hydrogens (primary N) is 1. The SMILES string of the molecule is CC(C)CC(N)C(=O)NCc1ccc(-c2ccn[nH]2)cc1. The maximum absolute atomic E-state index is 11.9. The maximum Gasteiger partial charge on any atom is 0.237 e. The number of hydrogen-bond donors (Lipinski definition) is 3. The average molecular weight is 286 g/mol. The summed E-state index contributed by atoms with van der Waals surface area (Å²) in [5.41, 5.74) is 8.94. The van der Waals surface area contributed by atoms with Crippen LogP contribution in [0, 0.1) is 5.92 Å². The van der Waals surface area contributed by atoms with Crippen LogP contribution in [-0.4, -0.2) is 22.1 Å². The number of nitrogens with zero attached hydrogens (tertiary/aromatic N) is 1. The van der Waals surface area contributed by atoms with Crippen LogP contribution in [0.25, 0.3) is 11.3 Å². The fourth-order valence-electron chi connectivity index (χ4n) is 2.15. The Morgan fingerprint density at radius 1 is 1.29 bits per heavy atom. The van der Waals surface area contributed by atoms with Gasteiger partial charge in [0.25, 0.3) is 0 Å². The molecule has 0 fully saturated rings. The van der Waals surface area contributed by atoms with Crippen molar-refractivity contribution in [2.24, 2.45) is 11.7 Å². The molecule has 2 aromatic rings. The van der Waals surface area contributed by atoms with Crippen LogP contribution in [0.5, 0.6) is 0 Å². The first kappa shape index (κ1) is 15.3. The molecule has 4 N–H and O–H groups in total. The Morgan fingerprint density at radius 3 is 2.57 bits per heavy atom. The fraction of sp³-hybridized carbons (Fsp3) is 0.375. The highest BCUT2D eigenvalue weighted by Gasteiger charge is 2.14. The van der Waals surface area contributed by atoms with Crippen LogP contribution in [0.1, 0.15) is 25.8 Å². The van der Waals surface area contributed by atoms with E-state index >= 15 is 0 Å². The predicted molar refractivity (Wildman–Crippen MR) is 83.3 cm³/mol. The molecule has 0 saturated heterocycles. The number of aromatic nitrogens is 2. The Labute approximate surface area is 124 Å². The van der Waals surface area contributed by atoms with Gasteiger partial charge in [-0.25, -0.2) is 0 Å². The van der Waals surface area contributed by atoms with Gasteiger partial charge >= 0.3 is 0 Å². The average Bonchev–Trinajstić information content (AvgIpc) is 2.98. The second-order valence-corrected chi connectivity index (χ2v) is 5.62. The zero-order valence-corrected chi connectivity index (χ0v) is 12.5. The third kappa shape index (κ3) is 4.43. The summed E-state index contributed by atoms with van der Waals surface area (Å²) in [7, 11) is 0. The largest absolute Gasteiger partial charge is 0.351 e. The highest BCUT2D eigenvalue weighted by atomic mass is 16.2. The van der Waals surface area contributed by atoms with Crippen LogP contribution in [0.15, 0.2) is 36.5 Å². The molecule has 5 nitrogen and oxygen atoms in total. The van der Waals surface area contributed by atoms with Gasteiger partial charge in [0.2, 0.25) is 5.91 Å². The molecule has 1 atom stereocenters. The molecule has 0 aliphatic carbocycles. The third-order valence-corrected chi connectivity index (χ3v) is 3.29. The summed E-state index contributed by atoms with van der Waals surface area (Å²) in [5, 5.41) is 9.72. The fourth-order valence-corrected chi connectivity index (χ4v) is 2.15. The van der Waals surface area contributed by atoms with Gasteiger partial charge in [-0.1, -0.05) is 38.1 Å². The minimum atomic E-state index is -0.436. The quantitative estimate of drug-likeness (QED) is 0.760. The van der Waals surface area contributed by atoms with E-state index in [4.69, 9.17) is 5.73 Å². The van der Waals surface area contributed by atoms with Crippen LogP contribution in [-0.2, 0) is 11.3 Å². The number of nitrogens with one attached hydrogen (secondary N) is 2. The van der Waals surface area contributed by atoms with Crippen LogP contribution < -0.4 is 11.1 Å². The van der Waals surface area contributed by atoms with Crippen molar-refractivity contribution in [2.45, 2.75) is 32.9 Å². The van der Waals surface area contributed by atoms with E-state index in [0.29, 0.717) is 18.9 Å². The van der Waals surface area contributed by atoms with E-state index in [2.05, 4.69) is 29.4 Å². The molecule has 0 saturated carbocycles. The van der Waals surface area contributed by atoms with Gasteiger partial charge in [-0.3, -0.25) is 9.89 Å². The first-order chi connectivity index (χ1) is 10.1. The van der Waals surface area contributed by atoms with Gasteiger partial charge in [0, 0.05) is 12.7 Å². The molecule has 0 radical (unpaired) electrons. The lowest BCUT2D eigenvalue weighted by molar-refractivity contribution is -0.122. The van der Waals surface area contributed by atoms with Crippen molar-refractivity contribution in [1.82, 2.24) is 15.5 Å². The summed E-state index contributed by atoms with van der Waals surface area (Å²) in [5.74, 6) is 0.320. The third-order valence-electron chi connectivity index (χ3n) is 3.29. The number of aromatic amines is 1. The molecule has 1 heterocycles. The second kappa shape index (κ2) is 7.04. The summed E-state index contributed by atoms with van der Waals surface area (Å²) in [6, 6.07) is 9.47. The smallest absolute Gasteiger partial charge is 0.237 e. The maximum atomic E-state index is 11.9. The van der Waals surface area contributed by atoms with Gasteiger partial charge in [0.05, 0.1) is 11.7 Å². The Hall–Kier alpha value is -2.14. The molecule has 1 aromatic heterocycles.